The molecule has 0 aromatic heterocycles. The van der Waals surface area contributed by atoms with Gasteiger partial charge in [-0.2, -0.15) is 0 Å². The molecule has 0 amide bonds. The number of hydrogen-bond acceptors (Lipinski definition) is 0. The van der Waals surface area contributed by atoms with Crippen LogP contribution >= 0.6 is 0 Å². The monoisotopic (exact) mass is 384 g/mol. The van der Waals surface area contributed by atoms with Gasteiger partial charge in [0.25, 0.3) is 0 Å². The molecule has 0 aromatic carbocycles. The third kappa shape index (κ3) is 4.74. The molecule has 4 rings (SSSR count). The molecule has 0 aromatic rings. The van der Waals surface area contributed by atoms with Crippen molar-refractivity contribution in [3.8, 4) is 0 Å². The molecule has 122 valence electrons. The molecule has 0 nitrogen and oxygen atoms in total. The molecule has 0 saturated heterocycles. The van der Waals surface area contributed by atoms with Crippen molar-refractivity contribution < 1.29 is 26.2 Å². The second-order valence-electron chi connectivity index (χ2n) is 6.64. The molecule has 4 saturated carbocycles. The minimum Gasteiger partial charge on any atom is -0.358 e. The van der Waals surface area contributed by atoms with Crippen molar-refractivity contribution in [2.24, 2.45) is 0 Å². The van der Waals surface area contributed by atoms with Gasteiger partial charge in [0.05, 0.1) is 0 Å². The van der Waals surface area contributed by atoms with E-state index in [0.717, 1.165) is 0 Å². The van der Waals surface area contributed by atoms with Crippen molar-refractivity contribution in [2.75, 3.05) is 0 Å². The number of hydrogen-bond donors (Lipinski definition) is 0. The van der Waals surface area contributed by atoms with Gasteiger partial charge in [0.15, 0.2) is 0 Å². The van der Waals surface area contributed by atoms with Crippen molar-refractivity contribution in [3.63, 3.8) is 0 Å². The van der Waals surface area contributed by atoms with Crippen molar-refractivity contribution >= 4 is 0 Å². The Morgan fingerprint density at radius 1 is 0.565 bits per heavy atom. The van der Waals surface area contributed by atoms with Crippen LogP contribution in [0.3, 0.4) is 0 Å². The molecule has 1 heteroatoms. The average Bonchev–Trinajstić information content (AvgIpc) is 3.09. The molecule has 0 unspecified atom stereocenters. The summed E-state index contributed by atoms with van der Waals surface area (Å²) in [6.07, 6.45) is 23.0. The van der Waals surface area contributed by atoms with E-state index in [0.29, 0.717) is 0 Å². The molecular formula is C22H30Zr. The van der Waals surface area contributed by atoms with Crippen LogP contribution < -0.4 is 0 Å². The van der Waals surface area contributed by atoms with E-state index in [2.05, 4.69) is 25.7 Å². The van der Waals surface area contributed by atoms with E-state index >= 15 is 0 Å². The Kier molecular flexibility index (Phi) is 9.66. The third-order valence-corrected chi connectivity index (χ3v) is 5.43. The fourth-order valence-corrected chi connectivity index (χ4v) is 4.30. The van der Waals surface area contributed by atoms with Crippen LogP contribution in [-0.4, -0.2) is 0 Å². The van der Waals surface area contributed by atoms with Crippen LogP contribution in [-0.2, 0) is 26.2 Å². The molecule has 4 aliphatic rings. The maximum atomic E-state index is 2.41. The Morgan fingerprint density at radius 2 is 0.957 bits per heavy atom. The average molecular weight is 386 g/mol. The van der Waals surface area contributed by atoms with Crippen molar-refractivity contribution in [1.29, 1.82) is 0 Å². The maximum Gasteiger partial charge on any atom is 2.00 e. The Morgan fingerprint density at radius 3 is 1.39 bits per heavy atom. The van der Waals surface area contributed by atoms with Crippen LogP contribution in [0.2, 0.25) is 0 Å². The third-order valence-electron chi connectivity index (χ3n) is 5.43. The fraction of sp³-hybridized carbons (Fsp3) is 0.455. The number of rotatable bonds is 3. The van der Waals surface area contributed by atoms with E-state index in [-0.39, 0.29) is 41.1 Å². The van der Waals surface area contributed by atoms with Gasteiger partial charge in [-0.05, 0) is 99.7 Å². The second-order valence-corrected chi connectivity index (χ2v) is 6.64. The van der Waals surface area contributed by atoms with E-state index < -0.39 is 0 Å². The quantitative estimate of drug-likeness (QED) is 0.515. The van der Waals surface area contributed by atoms with Gasteiger partial charge in [-0.3, -0.25) is 0 Å². The zero-order valence-electron chi connectivity index (χ0n) is 14.9. The first-order valence-corrected chi connectivity index (χ1v) is 8.44. The predicted octanol–water partition coefficient (Wildman–Crippen LogP) is 6.10. The van der Waals surface area contributed by atoms with Crippen LogP contribution in [0.1, 0.15) is 64.2 Å². The van der Waals surface area contributed by atoms with Gasteiger partial charge in [-0.1, -0.05) is 25.7 Å². The van der Waals surface area contributed by atoms with Crippen LogP contribution in [0.4, 0.5) is 0 Å². The molecule has 0 N–H and O–H groups in total. The van der Waals surface area contributed by atoms with Crippen molar-refractivity contribution in [1.82, 2.24) is 0 Å². The summed E-state index contributed by atoms with van der Waals surface area (Å²) in [6, 6.07) is 0. The van der Waals surface area contributed by atoms with Crippen LogP contribution in [0, 0.1) is 76.0 Å². The molecule has 23 heavy (non-hydrogen) atoms. The van der Waals surface area contributed by atoms with Gasteiger partial charge in [0.1, 0.15) is 0 Å². The topological polar surface area (TPSA) is 0 Å². The van der Waals surface area contributed by atoms with Gasteiger partial charge < -0.3 is 14.9 Å². The first-order chi connectivity index (χ1) is 9.92. The summed E-state index contributed by atoms with van der Waals surface area (Å²) >= 11 is 0. The molecular weight excluding hydrogens is 355 g/mol. The molecule has 0 spiro atoms. The normalized spacial score (nSPS) is 27.7. The van der Waals surface area contributed by atoms with Gasteiger partial charge >= 0.3 is 26.2 Å². The predicted molar refractivity (Wildman–Crippen MR) is 95.7 cm³/mol. The Labute approximate surface area is 166 Å². The molecule has 4 aliphatic carbocycles. The summed E-state index contributed by atoms with van der Waals surface area (Å²) in [5.41, 5.74) is 0. The van der Waals surface area contributed by atoms with Gasteiger partial charge in [0, 0.05) is 0 Å². The molecule has 0 aliphatic heterocycles. The maximum absolute atomic E-state index is 2.41. The van der Waals surface area contributed by atoms with Crippen LogP contribution in [0.15, 0.2) is 0 Å². The zero-order chi connectivity index (χ0) is 13.4. The largest absolute Gasteiger partial charge is 2.00 e. The first-order valence-electron chi connectivity index (χ1n) is 8.44. The first kappa shape index (κ1) is 21.9. The summed E-state index contributed by atoms with van der Waals surface area (Å²) < 4.78 is 0. The molecule has 0 heterocycles. The smallest absolute Gasteiger partial charge is 0.358 e. The van der Waals surface area contributed by atoms with E-state index in [1.807, 2.05) is 0 Å². The fourth-order valence-electron chi connectivity index (χ4n) is 4.30. The minimum absolute atomic E-state index is 0. The summed E-state index contributed by atoms with van der Waals surface area (Å²) in [4.78, 5) is 0. The summed E-state index contributed by atoms with van der Waals surface area (Å²) in [7, 11) is 0. The van der Waals surface area contributed by atoms with E-state index in [4.69, 9.17) is 0 Å². The molecule has 4 fully saturated rings. The zero-order valence-corrected chi connectivity index (χ0v) is 17.3. The minimum atomic E-state index is 0. The Hall–Kier alpha value is 0.883. The van der Waals surface area contributed by atoms with Crippen molar-refractivity contribution in [3.05, 3.63) is 76.0 Å². The van der Waals surface area contributed by atoms with Gasteiger partial charge in [0.2, 0.25) is 0 Å². The van der Waals surface area contributed by atoms with Crippen LogP contribution in [0.5, 0.6) is 0 Å². The van der Waals surface area contributed by atoms with Crippen LogP contribution in [0.25, 0.3) is 0 Å². The van der Waals surface area contributed by atoms with Gasteiger partial charge in [-0.15, -0.1) is 0 Å². The summed E-state index contributed by atoms with van der Waals surface area (Å²) in [5, 5.41) is 0. The Balaban J connectivity index is 0.000000882. The number of fused-ring (bicyclic) bond motifs is 2. The van der Waals surface area contributed by atoms with E-state index in [1.54, 1.807) is 35.5 Å². The molecule has 0 atom stereocenters. The SMILES string of the molecule is [CH3-].[CH3-].[CH]1[CH][C](CC[C]2[CH][CH][C]3CCCC[C]32)[C]2CCCC[C]12.[Zr+2]. The second kappa shape index (κ2) is 10.1. The standard InChI is InChI=1S/C20H24.2CH3.Zr/c1-3-7-19-15(5-1)9-11-17(19)13-14-18-12-10-16-6-2-4-8-20(16)18;;;/h9-12H,1-8,13-14H2;2*1H3;/q;2*-1;+2. The van der Waals surface area contributed by atoms with E-state index in [1.165, 1.54) is 64.2 Å². The summed E-state index contributed by atoms with van der Waals surface area (Å²) in [6.45, 7) is 0. The van der Waals surface area contributed by atoms with Gasteiger partial charge in [-0.25, -0.2) is 0 Å². The summed E-state index contributed by atoms with van der Waals surface area (Å²) in [5.74, 6) is 10.00. The van der Waals surface area contributed by atoms with Crippen molar-refractivity contribution in [2.45, 2.75) is 64.2 Å². The molecule has 10 radical (unpaired) electrons. The van der Waals surface area contributed by atoms with E-state index in [9.17, 15) is 0 Å². The Bertz CT molecular complexity index is 294. The molecule has 0 bridgehead atoms.